The molecule has 0 aromatic heterocycles. The van der Waals surface area contributed by atoms with Crippen LogP contribution in [0.15, 0.2) is 24.3 Å². The van der Waals surface area contributed by atoms with E-state index in [1.54, 1.807) is 0 Å². The highest BCUT2D eigenvalue weighted by molar-refractivity contribution is 5.48. The molecule has 4 unspecified atom stereocenters. The highest BCUT2D eigenvalue weighted by Gasteiger charge is 2.61. The minimum absolute atomic E-state index is 0.252. The fraction of sp³-hybridized carbons (Fsp3) is 0.588. The van der Waals surface area contributed by atoms with Gasteiger partial charge in [-0.25, -0.2) is 0 Å². The number of nitriles is 1. The van der Waals surface area contributed by atoms with E-state index in [0.717, 1.165) is 50.9 Å². The highest BCUT2D eigenvalue weighted by Crippen LogP contribution is 2.53. The summed E-state index contributed by atoms with van der Waals surface area (Å²) < 4.78 is 0. The summed E-state index contributed by atoms with van der Waals surface area (Å²) in [4.78, 5) is 2.42. The van der Waals surface area contributed by atoms with E-state index in [1.165, 1.54) is 5.56 Å². The molecule has 4 atom stereocenters. The van der Waals surface area contributed by atoms with E-state index < -0.39 is 11.0 Å². The first-order chi connectivity index (χ1) is 9.69. The van der Waals surface area contributed by atoms with Crippen LogP contribution in [0, 0.1) is 17.2 Å². The molecule has 1 aromatic carbocycles. The Kier molecular flexibility index (Phi) is 2.52. The van der Waals surface area contributed by atoms with Gasteiger partial charge in [-0.05, 0) is 43.4 Å². The first-order valence-electron chi connectivity index (χ1n) is 7.64. The molecule has 2 fully saturated rings. The maximum Gasteiger partial charge on any atom is 0.112 e. The summed E-state index contributed by atoms with van der Waals surface area (Å²) in [6.07, 6.45) is 3.46. The Bertz CT molecular complexity index is 593. The standard InChI is InChI=1S/C17H20N2O/c18-12-16(7-5-13-3-1-2-4-15(13)16)17(20)8-10-19-9-6-14(17)11-19/h1-4,14,20H,5-11H2. The van der Waals surface area contributed by atoms with E-state index in [0.29, 0.717) is 0 Å². The van der Waals surface area contributed by atoms with Crippen molar-refractivity contribution in [2.45, 2.75) is 36.7 Å². The summed E-state index contributed by atoms with van der Waals surface area (Å²) in [5.74, 6) is 0.252. The van der Waals surface area contributed by atoms with Gasteiger partial charge in [-0.1, -0.05) is 24.3 Å². The van der Waals surface area contributed by atoms with Gasteiger partial charge in [0.05, 0.1) is 11.7 Å². The third-order valence-corrected chi connectivity index (χ3v) is 5.93. The molecule has 1 N–H and O–H groups in total. The van der Waals surface area contributed by atoms with Crippen molar-refractivity contribution in [1.29, 1.82) is 5.26 Å². The van der Waals surface area contributed by atoms with Crippen molar-refractivity contribution in [3.63, 3.8) is 0 Å². The van der Waals surface area contributed by atoms with Crippen LogP contribution in [0.1, 0.15) is 30.4 Å². The molecule has 2 aliphatic heterocycles. The fourth-order valence-corrected chi connectivity index (χ4v) is 4.79. The van der Waals surface area contributed by atoms with Crippen molar-refractivity contribution in [2.24, 2.45) is 5.92 Å². The molecule has 3 nitrogen and oxygen atoms in total. The van der Waals surface area contributed by atoms with Gasteiger partial charge < -0.3 is 10.0 Å². The third kappa shape index (κ3) is 1.36. The smallest absolute Gasteiger partial charge is 0.112 e. The molecule has 20 heavy (non-hydrogen) atoms. The summed E-state index contributed by atoms with van der Waals surface area (Å²) in [5, 5.41) is 21.5. The van der Waals surface area contributed by atoms with E-state index in [-0.39, 0.29) is 5.92 Å². The lowest BCUT2D eigenvalue weighted by Crippen LogP contribution is -2.58. The Hall–Kier alpha value is -1.37. The number of hydrogen-bond acceptors (Lipinski definition) is 3. The van der Waals surface area contributed by atoms with E-state index >= 15 is 0 Å². The van der Waals surface area contributed by atoms with E-state index in [2.05, 4.69) is 23.1 Å². The van der Waals surface area contributed by atoms with Gasteiger partial charge in [-0.2, -0.15) is 5.26 Å². The van der Waals surface area contributed by atoms with E-state index in [9.17, 15) is 10.4 Å². The molecular formula is C17H20N2O. The second kappa shape index (κ2) is 4.07. The zero-order chi connectivity index (χ0) is 13.8. The fourth-order valence-electron chi connectivity index (χ4n) is 4.79. The van der Waals surface area contributed by atoms with Gasteiger partial charge in [0.25, 0.3) is 0 Å². The highest BCUT2D eigenvalue weighted by atomic mass is 16.3. The van der Waals surface area contributed by atoms with Crippen LogP contribution < -0.4 is 0 Å². The monoisotopic (exact) mass is 268 g/mol. The molecule has 2 saturated heterocycles. The molecule has 3 aliphatic rings. The molecule has 2 heterocycles. The minimum atomic E-state index is -0.846. The lowest BCUT2D eigenvalue weighted by atomic mass is 9.61. The zero-order valence-corrected chi connectivity index (χ0v) is 11.7. The Morgan fingerprint density at radius 3 is 2.95 bits per heavy atom. The van der Waals surface area contributed by atoms with Crippen LogP contribution in [-0.4, -0.2) is 35.2 Å². The number of fused-ring (bicyclic) bond motifs is 3. The molecule has 0 amide bonds. The molecule has 4 rings (SSSR count). The van der Waals surface area contributed by atoms with Gasteiger partial charge in [-0.15, -0.1) is 0 Å². The maximum absolute atomic E-state index is 11.5. The number of piperidine rings is 1. The molecule has 0 saturated carbocycles. The molecule has 1 aliphatic carbocycles. The SMILES string of the molecule is N#CC1(C2(O)CCN3CCC2C3)CCc2ccccc21. The molecule has 2 bridgehead atoms. The molecule has 0 spiro atoms. The number of benzene rings is 1. The van der Waals surface area contributed by atoms with Crippen LogP contribution in [0.3, 0.4) is 0 Å². The third-order valence-electron chi connectivity index (χ3n) is 5.93. The summed E-state index contributed by atoms with van der Waals surface area (Å²) in [6.45, 7) is 2.97. The van der Waals surface area contributed by atoms with Crippen molar-refractivity contribution in [3.05, 3.63) is 35.4 Å². The largest absolute Gasteiger partial charge is 0.387 e. The van der Waals surface area contributed by atoms with Crippen LogP contribution in [0.25, 0.3) is 0 Å². The van der Waals surface area contributed by atoms with Crippen molar-refractivity contribution in [3.8, 4) is 6.07 Å². The summed E-state index contributed by atoms with van der Waals surface area (Å²) in [7, 11) is 0. The molecule has 104 valence electrons. The van der Waals surface area contributed by atoms with Gasteiger partial charge in [0, 0.05) is 19.0 Å². The van der Waals surface area contributed by atoms with Crippen LogP contribution in [0.4, 0.5) is 0 Å². The van der Waals surface area contributed by atoms with Crippen LogP contribution in [0.5, 0.6) is 0 Å². The predicted molar refractivity (Wildman–Crippen MR) is 76.2 cm³/mol. The second-order valence-corrected chi connectivity index (χ2v) is 6.63. The number of rotatable bonds is 1. The normalized spacial score (nSPS) is 42.2. The first kappa shape index (κ1) is 12.4. The number of hydrogen-bond donors (Lipinski definition) is 1. The average Bonchev–Trinajstić information content (AvgIpc) is 3.07. The van der Waals surface area contributed by atoms with Gasteiger partial charge >= 0.3 is 0 Å². The number of nitrogens with zero attached hydrogens (tertiary/aromatic N) is 2. The maximum atomic E-state index is 11.5. The summed E-state index contributed by atoms with van der Waals surface area (Å²) in [5.41, 5.74) is 0.805. The Morgan fingerprint density at radius 1 is 1.25 bits per heavy atom. The van der Waals surface area contributed by atoms with E-state index in [4.69, 9.17) is 0 Å². The van der Waals surface area contributed by atoms with Crippen molar-refractivity contribution in [1.82, 2.24) is 4.90 Å². The number of aliphatic hydroxyl groups is 1. The molecule has 3 heteroatoms. The zero-order valence-electron chi connectivity index (χ0n) is 11.7. The van der Waals surface area contributed by atoms with Gasteiger partial charge in [-0.3, -0.25) is 0 Å². The van der Waals surface area contributed by atoms with Gasteiger partial charge in [0.15, 0.2) is 0 Å². The topological polar surface area (TPSA) is 47.3 Å². The second-order valence-electron chi connectivity index (χ2n) is 6.63. The molecular weight excluding hydrogens is 248 g/mol. The van der Waals surface area contributed by atoms with Crippen LogP contribution in [-0.2, 0) is 11.8 Å². The van der Waals surface area contributed by atoms with Crippen molar-refractivity contribution in [2.75, 3.05) is 19.6 Å². The molecule has 0 radical (unpaired) electrons. The quantitative estimate of drug-likeness (QED) is 0.845. The van der Waals surface area contributed by atoms with Gasteiger partial charge in [0.2, 0.25) is 0 Å². The van der Waals surface area contributed by atoms with Crippen molar-refractivity contribution < 1.29 is 5.11 Å². The van der Waals surface area contributed by atoms with Crippen molar-refractivity contribution >= 4 is 0 Å². The Labute approximate surface area is 119 Å². The Morgan fingerprint density at radius 2 is 2.10 bits per heavy atom. The Balaban J connectivity index is 1.85. The van der Waals surface area contributed by atoms with Gasteiger partial charge in [0.1, 0.15) is 5.41 Å². The van der Waals surface area contributed by atoms with Crippen LogP contribution >= 0.6 is 0 Å². The molecule has 1 aromatic rings. The first-order valence-corrected chi connectivity index (χ1v) is 7.64. The lowest BCUT2D eigenvalue weighted by molar-refractivity contribution is -0.0893. The lowest BCUT2D eigenvalue weighted by Gasteiger charge is -2.48. The minimum Gasteiger partial charge on any atom is -0.387 e. The predicted octanol–water partition coefficient (Wildman–Crippen LogP) is 1.85. The summed E-state index contributed by atoms with van der Waals surface area (Å²) in [6, 6.07) is 10.8. The van der Waals surface area contributed by atoms with Crippen LogP contribution in [0.2, 0.25) is 0 Å². The number of aryl methyl sites for hydroxylation is 1. The summed E-state index contributed by atoms with van der Waals surface area (Å²) >= 11 is 0. The van der Waals surface area contributed by atoms with E-state index in [1.807, 2.05) is 12.1 Å². The average molecular weight is 268 g/mol.